The second-order valence-corrected chi connectivity index (χ2v) is 8.28. The number of rotatable bonds is 8. The van der Waals surface area contributed by atoms with E-state index in [1.54, 1.807) is 55.5 Å². The molecule has 3 aromatic rings. The zero-order valence-electron chi connectivity index (χ0n) is 21.4. The van der Waals surface area contributed by atoms with Crippen molar-refractivity contribution in [3.05, 3.63) is 89.0 Å². The number of ether oxygens (including phenoxy) is 4. The largest absolute Gasteiger partial charge is 0.507 e. The number of carbonyl (C=O) groups excluding carboxylic acids is 3. The van der Waals surface area contributed by atoms with Gasteiger partial charge in [0.15, 0.2) is 11.5 Å². The highest BCUT2D eigenvalue weighted by Gasteiger charge is 2.47. The molecule has 9 heteroatoms. The van der Waals surface area contributed by atoms with Crippen LogP contribution in [-0.2, 0) is 14.3 Å². The third-order valence-corrected chi connectivity index (χ3v) is 6.17. The molecule has 1 N–H and O–H groups in total. The predicted molar refractivity (Wildman–Crippen MR) is 140 cm³/mol. The topological polar surface area (TPSA) is 112 Å². The maximum Gasteiger partial charge on any atom is 0.338 e. The Balaban J connectivity index is 1.89. The highest BCUT2D eigenvalue weighted by molar-refractivity contribution is 6.51. The van der Waals surface area contributed by atoms with Gasteiger partial charge in [-0.1, -0.05) is 12.1 Å². The molecule has 0 bridgehead atoms. The average Bonchev–Trinajstić information content (AvgIpc) is 3.22. The molecular weight excluding hydrogens is 490 g/mol. The van der Waals surface area contributed by atoms with Crippen molar-refractivity contribution in [3.63, 3.8) is 0 Å². The van der Waals surface area contributed by atoms with Crippen LogP contribution in [0.15, 0.2) is 72.3 Å². The van der Waals surface area contributed by atoms with Crippen LogP contribution in [0.2, 0.25) is 0 Å². The maximum atomic E-state index is 13.4. The quantitative estimate of drug-likeness (QED) is 0.201. The highest BCUT2D eigenvalue weighted by Crippen LogP contribution is 2.43. The Morgan fingerprint density at radius 3 is 2.18 bits per heavy atom. The molecule has 0 radical (unpaired) electrons. The second-order valence-electron chi connectivity index (χ2n) is 8.28. The molecular formula is C29H27NO8. The number of esters is 1. The van der Waals surface area contributed by atoms with Crippen LogP contribution in [0.3, 0.4) is 0 Å². The molecule has 4 rings (SSSR count). The third kappa shape index (κ3) is 4.78. The summed E-state index contributed by atoms with van der Waals surface area (Å²) in [6.45, 7) is 1.93. The second kappa shape index (κ2) is 11.1. The first-order chi connectivity index (χ1) is 18.3. The van der Waals surface area contributed by atoms with Crippen molar-refractivity contribution in [2.45, 2.75) is 13.0 Å². The number of hydrogen-bond acceptors (Lipinski definition) is 8. The molecule has 1 heterocycles. The predicted octanol–water partition coefficient (Wildman–Crippen LogP) is 4.52. The van der Waals surface area contributed by atoms with Gasteiger partial charge in [-0.2, -0.15) is 0 Å². The highest BCUT2D eigenvalue weighted by atomic mass is 16.5. The lowest BCUT2D eigenvalue weighted by molar-refractivity contribution is -0.132. The zero-order valence-corrected chi connectivity index (χ0v) is 21.4. The Labute approximate surface area is 219 Å². The number of methoxy groups -OCH3 is 3. The lowest BCUT2D eigenvalue weighted by Gasteiger charge is -2.26. The van der Waals surface area contributed by atoms with Gasteiger partial charge in [-0.3, -0.25) is 14.5 Å². The van der Waals surface area contributed by atoms with Gasteiger partial charge < -0.3 is 24.1 Å². The van der Waals surface area contributed by atoms with Crippen molar-refractivity contribution in [1.29, 1.82) is 0 Å². The van der Waals surface area contributed by atoms with Gasteiger partial charge in [0, 0.05) is 11.3 Å². The van der Waals surface area contributed by atoms with Crippen molar-refractivity contribution < 1.29 is 38.4 Å². The van der Waals surface area contributed by atoms with E-state index in [4.69, 9.17) is 18.9 Å². The fourth-order valence-corrected chi connectivity index (χ4v) is 4.34. The number of aliphatic hydroxyl groups excluding tert-OH is 1. The molecule has 1 aliphatic rings. The van der Waals surface area contributed by atoms with Crippen LogP contribution in [0.1, 0.15) is 34.5 Å². The summed E-state index contributed by atoms with van der Waals surface area (Å²) in [7, 11) is 4.45. The summed E-state index contributed by atoms with van der Waals surface area (Å²) in [4.78, 5) is 40.2. The number of anilines is 1. The minimum Gasteiger partial charge on any atom is -0.507 e. The fourth-order valence-electron chi connectivity index (χ4n) is 4.34. The first-order valence-electron chi connectivity index (χ1n) is 11.8. The van der Waals surface area contributed by atoms with Crippen molar-refractivity contribution in [1.82, 2.24) is 0 Å². The molecule has 0 aliphatic carbocycles. The Morgan fingerprint density at radius 1 is 0.868 bits per heavy atom. The minimum absolute atomic E-state index is 0.107. The summed E-state index contributed by atoms with van der Waals surface area (Å²) in [5, 5.41) is 11.4. The van der Waals surface area contributed by atoms with E-state index in [0.29, 0.717) is 34.1 Å². The number of benzene rings is 3. The smallest absolute Gasteiger partial charge is 0.338 e. The SMILES string of the molecule is CCOC(=O)c1ccc(N2C(=O)C(=O)/C(=C(\O)c3ccc(OC)c(OC)c3)C2c2cccc(OC)c2)cc1. The van der Waals surface area contributed by atoms with Crippen molar-refractivity contribution >= 4 is 29.1 Å². The molecule has 0 spiro atoms. The molecule has 38 heavy (non-hydrogen) atoms. The van der Waals surface area contributed by atoms with Gasteiger partial charge in [-0.05, 0) is 67.1 Å². The summed E-state index contributed by atoms with van der Waals surface area (Å²) in [6, 6.07) is 16.8. The van der Waals surface area contributed by atoms with Crippen LogP contribution in [0.4, 0.5) is 5.69 Å². The molecule has 1 unspecified atom stereocenters. The molecule has 196 valence electrons. The van der Waals surface area contributed by atoms with Gasteiger partial charge >= 0.3 is 5.97 Å². The van der Waals surface area contributed by atoms with E-state index in [-0.39, 0.29) is 23.5 Å². The van der Waals surface area contributed by atoms with Gasteiger partial charge in [-0.25, -0.2) is 4.79 Å². The zero-order chi connectivity index (χ0) is 27.4. The molecule has 1 atom stereocenters. The van der Waals surface area contributed by atoms with E-state index >= 15 is 0 Å². The van der Waals surface area contributed by atoms with Crippen molar-refractivity contribution in [2.24, 2.45) is 0 Å². The van der Waals surface area contributed by atoms with Crippen LogP contribution in [0, 0.1) is 0 Å². The van der Waals surface area contributed by atoms with Crippen LogP contribution >= 0.6 is 0 Å². The van der Waals surface area contributed by atoms with Crippen LogP contribution in [-0.4, -0.2) is 50.7 Å². The first kappa shape index (κ1) is 26.3. The Morgan fingerprint density at radius 2 is 1.55 bits per heavy atom. The van der Waals surface area contributed by atoms with Crippen LogP contribution in [0.25, 0.3) is 5.76 Å². The molecule has 1 saturated heterocycles. The summed E-state index contributed by atoms with van der Waals surface area (Å²) in [5.41, 5.74) is 1.37. The minimum atomic E-state index is -0.980. The van der Waals surface area contributed by atoms with E-state index in [1.165, 1.54) is 44.4 Å². The number of hydrogen-bond donors (Lipinski definition) is 1. The van der Waals surface area contributed by atoms with Crippen molar-refractivity contribution in [3.8, 4) is 17.2 Å². The van der Waals surface area contributed by atoms with E-state index < -0.39 is 23.7 Å². The standard InChI is InChI=1S/C29H27NO8/c1-5-38-29(34)17-9-12-20(13-10-17)30-25(18-7-6-8-21(15-18)35-2)24(27(32)28(30)33)26(31)19-11-14-22(36-3)23(16-19)37-4/h6-16,25,31H,5H2,1-4H3/b26-24-. The molecule has 3 aromatic carbocycles. The number of amides is 1. The van der Waals surface area contributed by atoms with E-state index in [1.807, 2.05) is 0 Å². The monoisotopic (exact) mass is 517 g/mol. The number of ketones is 1. The Hall–Kier alpha value is -4.79. The summed E-state index contributed by atoms with van der Waals surface area (Å²) >= 11 is 0. The average molecular weight is 518 g/mol. The van der Waals surface area contributed by atoms with E-state index in [2.05, 4.69) is 0 Å². The number of carbonyl (C=O) groups is 3. The normalized spacial score (nSPS) is 16.3. The van der Waals surface area contributed by atoms with Gasteiger partial charge in [-0.15, -0.1) is 0 Å². The maximum absolute atomic E-state index is 13.4. The molecule has 1 amide bonds. The fraction of sp³-hybridized carbons (Fsp3) is 0.207. The van der Waals surface area contributed by atoms with Crippen molar-refractivity contribution in [2.75, 3.05) is 32.8 Å². The van der Waals surface area contributed by atoms with Crippen LogP contribution < -0.4 is 19.1 Å². The summed E-state index contributed by atoms with van der Waals surface area (Å²) in [5.74, 6) is -1.27. The number of Topliss-reactive ketones (excluding diaryl/α,β-unsaturated/α-hetero) is 1. The first-order valence-corrected chi connectivity index (χ1v) is 11.8. The summed E-state index contributed by atoms with van der Waals surface area (Å²) in [6.07, 6.45) is 0. The van der Waals surface area contributed by atoms with Gasteiger partial charge in [0.25, 0.3) is 11.7 Å². The molecule has 0 aromatic heterocycles. The lowest BCUT2D eigenvalue weighted by Crippen LogP contribution is -2.29. The van der Waals surface area contributed by atoms with Gasteiger partial charge in [0.05, 0.1) is 45.1 Å². The van der Waals surface area contributed by atoms with Gasteiger partial charge in [0.2, 0.25) is 0 Å². The van der Waals surface area contributed by atoms with Crippen LogP contribution in [0.5, 0.6) is 17.2 Å². The number of aliphatic hydroxyl groups is 1. The molecule has 9 nitrogen and oxygen atoms in total. The third-order valence-electron chi connectivity index (χ3n) is 6.17. The molecule has 1 aliphatic heterocycles. The summed E-state index contributed by atoms with van der Waals surface area (Å²) < 4.78 is 21.0. The lowest BCUT2D eigenvalue weighted by atomic mass is 9.94. The molecule has 0 saturated carbocycles. The molecule has 1 fully saturated rings. The van der Waals surface area contributed by atoms with E-state index in [9.17, 15) is 19.5 Å². The Kier molecular flexibility index (Phi) is 7.66. The van der Waals surface area contributed by atoms with E-state index in [0.717, 1.165) is 0 Å². The van der Waals surface area contributed by atoms with Gasteiger partial charge in [0.1, 0.15) is 11.5 Å². The Bertz CT molecular complexity index is 1410. The number of nitrogens with zero attached hydrogens (tertiary/aromatic N) is 1.